The molecule has 0 amide bonds. The van der Waals surface area contributed by atoms with Crippen molar-refractivity contribution in [2.75, 3.05) is 39.4 Å². The van der Waals surface area contributed by atoms with Crippen LogP contribution in [0.25, 0.3) is 0 Å². The van der Waals surface area contributed by atoms with E-state index in [9.17, 15) is 0 Å². The molecule has 3 heteroatoms. The Kier molecular flexibility index (Phi) is 5.07. The lowest BCUT2D eigenvalue weighted by Gasteiger charge is -2.28. The Bertz CT molecular complexity index is 192. The zero-order chi connectivity index (χ0) is 11.2. The number of hydrogen-bond acceptors (Lipinski definition) is 3. The second-order valence-electron chi connectivity index (χ2n) is 5.36. The van der Waals surface area contributed by atoms with Gasteiger partial charge in [-0.2, -0.15) is 0 Å². The maximum atomic E-state index is 5.43. The van der Waals surface area contributed by atoms with E-state index < -0.39 is 0 Å². The van der Waals surface area contributed by atoms with Crippen LogP contribution in [0.15, 0.2) is 0 Å². The average molecular weight is 226 g/mol. The van der Waals surface area contributed by atoms with E-state index in [2.05, 4.69) is 17.1 Å². The van der Waals surface area contributed by atoms with Crippen molar-refractivity contribution in [1.82, 2.24) is 10.2 Å². The highest BCUT2D eigenvalue weighted by atomic mass is 16.5. The Balaban J connectivity index is 1.66. The van der Waals surface area contributed by atoms with Gasteiger partial charge in [0.15, 0.2) is 0 Å². The van der Waals surface area contributed by atoms with Gasteiger partial charge in [0.25, 0.3) is 0 Å². The fourth-order valence-electron chi connectivity index (χ4n) is 2.64. The monoisotopic (exact) mass is 226 g/mol. The van der Waals surface area contributed by atoms with Crippen molar-refractivity contribution in [3.8, 4) is 0 Å². The van der Waals surface area contributed by atoms with Crippen molar-refractivity contribution in [3.05, 3.63) is 0 Å². The van der Waals surface area contributed by atoms with Gasteiger partial charge < -0.3 is 15.0 Å². The molecule has 2 rings (SSSR count). The van der Waals surface area contributed by atoms with Gasteiger partial charge in [0.2, 0.25) is 0 Å². The fourth-order valence-corrected chi connectivity index (χ4v) is 2.64. The van der Waals surface area contributed by atoms with E-state index in [0.717, 1.165) is 19.1 Å². The molecular weight excluding hydrogens is 200 g/mol. The Labute approximate surface area is 99.5 Å². The first-order chi connectivity index (χ1) is 7.84. The predicted octanol–water partition coefficient (Wildman–Crippen LogP) is 1.49. The molecular formula is C13H26N2O. The minimum absolute atomic E-state index is 0.692. The van der Waals surface area contributed by atoms with Gasteiger partial charge in [-0.05, 0) is 64.7 Å². The molecule has 2 aliphatic rings. The summed E-state index contributed by atoms with van der Waals surface area (Å²) in [4.78, 5) is 2.65. The molecule has 1 N–H and O–H groups in total. The molecule has 2 atom stereocenters. The molecule has 0 bridgehead atoms. The topological polar surface area (TPSA) is 24.5 Å². The Morgan fingerprint density at radius 1 is 1.31 bits per heavy atom. The summed E-state index contributed by atoms with van der Waals surface area (Å²) >= 11 is 0. The molecule has 2 fully saturated rings. The number of nitrogens with one attached hydrogen (secondary N) is 1. The maximum Gasteiger partial charge on any atom is 0.0495 e. The lowest BCUT2D eigenvalue weighted by molar-refractivity contribution is 0.175. The zero-order valence-electron chi connectivity index (χ0n) is 10.6. The lowest BCUT2D eigenvalue weighted by atomic mass is 10.0. The molecule has 0 aromatic carbocycles. The Morgan fingerprint density at radius 2 is 2.25 bits per heavy atom. The van der Waals surface area contributed by atoms with Crippen LogP contribution < -0.4 is 5.32 Å². The van der Waals surface area contributed by atoms with Crippen LogP contribution >= 0.6 is 0 Å². The molecule has 2 saturated heterocycles. The highest BCUT2D eigenvalue weighted by Gasteiger charge is 2.17. The van der Waals surface area contributed by atoms with Crippen LogP contribution in [0.3, 0.4) is 0 Å². The molecule has 0 radical (unpaired) electrons. The van der Waals surface area contributed by atoms with Gasteiger partial charge in [0.1, 0.15) is 0 Å². The SMILES string of the molecule is CC1CCN(CCC2CCOC2)CCCN1. The molecule has 2 unspecified atom stereocenters. The van der Waals surface area contributed by atoms with Crippen LogP contribution in [0, 0.1) is 5.92 Å². The van der Waals surface area contributed by atoms with Gasteiger partial charge in [-0.15, -0.1) is 0 Å². The van der Waals surface area contributed by atoms with E-state index in [1.807, 2.05) is 0 Å². The predicted molar refractivity (Wildman–Crippen MR) is 66.7 cm³/mol. The highest BCUT2D eigenvalue weighted by molar-refractivity contribution is 4.72. The summed E-state index contributed by atoms with van der Waals surface area (Å²) in [6.45, 7) is 9.30. The molecule has 0 aliphatic carbocycles. The highest BCUT2D eigenvalue weighted by Crippen LogP contribution is 2.17. The number of rotatable bonds is 3. The van der Waals surface area contributed by atoms with Gasteiger partial charge in [0, 0.05) is 19.3 Å². The van der Waals surface area contributed by atoms with Crippen molar-refractivity contribution in [2.24, 2.45) is 5.92 Å². The van der Waals surface area contributed by atoms with Crippen molar-refractivity contribution >= 4 is 0 Å². The third-order valence-corrected chi connectivity index (χ3v) is 3.90. The normalized spacial score (nSPS) is 33.6. The summed E-state index contributed by atoms with van der Waals surface area (Å²) in [5.74, 6) is 0.834. The number of ether oxygens (including phenoxy) is 1. The van der Waals surface area contributed by atoms with E-state index in [4.69, 9.17) is 4.74 Å². The molecule has 0 saturated carbocycles. The zero-order valence-corrected chi connectivity index (χ0v) is 10.6. The summed E-state index contributed by atoms with van der Waals surface area (Å²) < 4.78 is 5.43. The Morgan fingerprint density at radius 3 is 3.06 bits per heavy atom. The van der Waals surface area contributed by atoms with E-state index >= 15 is 0 Å². The van der Waals surface area contributed by atoms with E-state index in [1.54, 1.807) is 0 Å². The second-order valence-corrected chi connectivity index (χ2v) is 5.36. The van der Waals surface area contributed by atoms with E-state index in [1.165, 1.54) is 51.9 Å². The minimum Gasteiger partial charge on any atom is -0.381 e. The van der Waals surface area contributed by atoms with Crippen LogP contribution in [0.5, 0.6) is 0 Å². The first-order valence-corrected chi connectivity index (χ1v) is 6.88. The van der Waals surface area contributed by atoms with Crippen LogP contribution in [0.1, 0.15) is 32.6 Å². The quantitative estimate of drug-likeness (QED) is 0.789. The molecule has 94 valence electrons. The smallest absolute Gasteiger partial charge is 0.0495 e. The van der Waals surface area contributed by atoms with Gasteiger partial charge in [-0.1, -0.05) is 0 Å². The maximum absolute atomic E-state index is 5.43. The standard InChI is InChI=1S/C13H26N2O/c1-12-3-8-15(7-2-6-14-12)9-4-13-5-10-16-11-13/h12-14H,2-11H2,1H3. The molecule has 3 nitrogen and oxygen atoms in total. The van der Waals surface area contributed by atoms with Crippen LogP contribution in [-0.2, 0) is 4.74 Å². The van der Waals surface area contributed by atoms with Crippen LogP contribution in [0.4, 0.5) is 0 Å². The number of hydrogen-bond donors (Lipinski definition) is 1. The molecule has 0 aromatic heterocycles. The summed E-state index contributed by atoms with van der Waals surface area (Å²) in [6.07, 6.45) is 5.21. The van der Waals surface area contributed by atoms with Gasteiger partial charge in [-0.25, -0.2) is 0 Å². The third-order valence-electron chi connectivity index (χ3n) is 3.90. The fraction of sp³-hybridized carbons (Fsp3) is 1.00. The summed E-state index contributed by atoms with van der Waals surface area (Å²) in [5, 5.41) is 3.56. The second kappa shape index (κ2) is 6.58. The van der Waals surface area contributed by atoms with Crippen LogP contribution in [-0.4, -0.2) is 50.3 Å². The molecule has 16 heavy (non-hydrogen) atoms. The van der Waals surface area contributed by atoms with E-state index in [0.29, 0.717) is 6.04 Å². The van der Waals surface area contributed by atoms with Gasteiger partial charge in [0.05, 0.1) is 0 Å². The van der Waals surface area contributed by atoms with Crippen molar-refractivity contribution in [2.45, 2.75) is 38.6 Å². The van der Waals surface area contributed by atoms with Gasteiger partial charge in [-0.3, -0.25) is 0 Å². The molecule has 2 aliphatic heterocycles. The molecule has 0 aromatic rings. The van der Waals surface area contributed by atoms with E-state index in [-0.39, 0.29) is 0 Å². The first-order valence-electron chi connectivity index (χ1n) is 6.88. The average Bonchev–Trinajstić information content (AvgIpc) is 2.76. The largest absolute Gasteiger partial charge is 0.381 e. The van der Waals surface area contributed by atoms with Crippen molar-refractivity contribution in [1.29, 1.82) is 0 Å². The summed E-state index contributed by atoms with van der Waals surface area (Å²) in [7, 11) is 0. The molecule has 2 heterocycles. The minimum atomic E-state index is 0.692. The van der Waals surface area contributed by atoms with Crippen molar-refractivity contribution in [3.63, 3.8) is 0 Å². The number of nitrogens with zero attached hydrogens (tertiary/aromatic N) is 1. The van der Waals surface area contributed by atoms with Gasteiger partial charge >= 0.3 is 0 Å². The Hall–Kier alpha value is -0.120. The van der Waals surface area contributed by atoms with Crippen molar-refractivity contribution < 1.29 is 4.74 Å². The third kappa shape index (κ3) is 4.04. The summed E-state index contributed by atoms with van der Waals surface area (Å²) in [5.41, 5.74) is 0. The summed E-state index contributed by atoms with van der Waals surface area (Å²) in [6, 6.07) is 0.692. The molecule has 0 spiro atoms. The lowest BCUT2D eigenvalue weighted by Crippen LogP contribution is -2.39. The first kappa shape index (κ1) is 12.3. The van der Waals surface area contributed by atoms with Crippen LogP contribution in [0.2, 0.25) is 0 Å².